The summed E-state index contributed by atoms with van der Waals surface area (Å²) in [5.74, 6) is -4.54. The van der Waals surface area contributed by atoms with Crippen LogP contribution in [0.25, 0.3) is 10.4 Å². The molecule has 0 saturated carbocycles. The molecule has 0 N–H and O–H groups in total. The van der Waals surface area contributed by atoms with Gasteiger partial charge in [-0.05, 0) is 11.6 Å². The van der Waals surface area contributed by atoms with Gasteiger partial charge in [-0.2, -0.15) is 4.39 Å². The molecule has 0 aliphatic rings. The summed E-state index contributed by atoms with van der Waals surface area (Å²) in [7, 11) is 1.01. The topological polar surface area (TPSA) is 58.0 Å². The lowest BCUT2D eigenvalue weighted by Gasteiger charge is -2.07. The second-order valence-corrected chi connectivity index (χ2v) is 2.57. The molecule has 1 aromatic carbocycles. The zero-order chi connectivity index (χ0) is 11.4. The van der Waals surface area contributed by atoms with Crippen LogP contribution >= 0.6 is 0 Å². The lowest BCUT2D eigenvalue weighted by molar-refractivity contribution is 0.344. The molecule has 0 bridgehead atoms. The number of hydrogen-bond donors (Lipinski definition) is 0. The van der Waals surface area contributed by atoms with Crippen LogP contribution in [0.15, 0.2) is 11.2 Å². The van der Waals surface area contributed by atoms with Crippen LogP contribution in [0.1, 0.15) is 5.56 Å². The maximum Gasteiger partial charge on any atom is 0.203 e. The summed E-state index contributed by atoms with van der Waals surface area (Å²) in [6.45, 7) is -0.407. The maximum atomic E-state index is 13.3. The summed E-state index contributed by atoms with van der Waals surface area (Å²) in [6, 6.07) is 0.627. The number of hydrogen-bond acceptors (Lipinski definition) is 2. The van der Waals surface area contributed by atoms with E-state index in [9.17, 15) is 13.2 Å². The highest BCUT2D eigenvalue weighted by atomic mass is 19.2. The van der Waals surface area contributed by atoms with Gasteiger partial charge in [-0.3, -0.25) is 0 Å². The molecule has 0 fully saturated rings. The number of rotatable bonds is 3. The molecule has 15 heavy (non-hydrogen) atoms. The highest BCUT2D eigenvalue weighted by Crippen LogP contribution is 2.27. The summed E-state index contributed by atoms with van der Waals surface area (Å²) in [5.41, 5.74) is 7.75. The molecule has 0 aromatic heterocycles. The van der Waals surface area contributed by atoms with E-state index < -0.39 is 29.7 Å². The van der Waals surface area contributed by atoms with E-state index in [1.807, 2.05) is 0 Å². The van der Waals surface area contributed by atoms with E-state index in [4.69, 9.17) is 5.53 Å². The van der Waals surface area contributed by atoms with Crippen molar-refractivity contribution in [3.05, 3.63) is 39.5 Å². The SMILES string of the molecule is COc1c(F)c(F)cc(CN=[N+]=[N-])c1F. The van der Waals surface area contributed by atoms with Crippen molar-refractivity contribution in [2.75, 3.05) is 7.11 Å². The Morgan fingerprint density at radius 2 is 2.07 bits per heavy atom. The lowest BCUT2D eigenvalue weighted by Crippen LogP contribution is -2.00. The van der Waals surface area contributed by atoms with Crippen LogP contribution in [0.3, 0.4) is 0 Å². The van der Waals surface area contributed by atoms with E-state index in [0.717, 1.165) is 7.11 Å². The van der Waals surface area contributed by atoms with Crippen LogP contribution in [-0.2, 0) is 6.54 Å². The molecular formula is C8H6F3N3O. The monoisotopic (exact) mass is 217 g/mol. The summed E-state index contributed by atoms with van der Waals surface area (Å²) in [4.78, 5) is 2.38. The number of ether oxygens (including phenoxy) is 1. The van der Waals surface area contributed by atoms with Gasteiger partial charge in [0.2, 0.25) is 5.82 Å². The van der Waals surface area contributed by atoms with E-state index in [-0.39, 0.29) is 5.56 Å². The summed E-state index contributed by atoms with van der Waals surface area (Å²) < 4.78 is 43.5. The van der Waals surface area contributed by atoms with Crippen molar-refractivity contribution in [3.63, 3.8) is 0 Å². The van der Waals surface area contributed by atoms with Crippen molar-refractivity contribution in [1.82, 2.24) is 0 Å². The first-order chi connectivity index (χ1) is 7.11. The van der Waals surface area contributed by atoms with Gasteiger partial charge in [0, 0.05) is 10.5 Å². The molecule has 0 heterocycles. The minimum absolute atomic E-state index is 0.261. The van der Waals surface area contributed by atoms with E-state index >= 15 is 0 Å². The molecule has 0 saturated heterocycles. The Balaban J connectivity index is 3.29. The largest absolute Gasteiger partial charge is 0.491 e. The van der Waals surface area contributed by atoms with Crippen LogP contribution in [0.5, 0.6) is 5.75 Å². The van der Waals surface area contributed by atoms with Gasteiger partial charge in [0.05, 0.1) is 13.7 Å². The first-order valence-electron chi connectivity index (χ1n) is 3.83. The summed E-state index contributed by atoms with van der Waals surface area (Å²) in [6.07, 6.45) is 0. The fourth-order valence-corrected chi connectivity index (χ4v) is 1.03. The fourth-order valence-electron chi connectivity index (χ4n) is 1.03. The molecule has 4 nitrogen and oxygen atoms in total. The van der Waals surface area contributed by atoms with Crippen molar-refractivity contribution in [1.29, 1.82) is 0 Å². The molecule has 0 atom stereocenters. The lowest BCUT2D eigenvalue weighted by atomic mass is 10.2. The molecule has 0 spiro atoms. The smallest absolute Gasteiger partial charge is 0.203 e. The highest BCUT2D eigenvalue weighted by Gasteiger charge is 2.18. The zero-order valence-corrected chi connectivity index (χ0v) is 7.67. The van der Waals surface area contributed by atoms with Gasteiger partial charge < -0.3 is 4.74 Å². The Kier molecular flexibility index (Phi) is 3.41. The molecule has 0 aliphatic carbocycles. The second kappa shape index (κ2) is 4.56. The van der Waals surface area contributed by atoms with Crippen LogP contribution in [0.4, 0.5) is 13.2 Å². The highest BCUT2D eigenvalue weighted by molar-refractivity contribution is 5.33. The van der Waals surface area contributed by atoms with Gasteiger partial charge in [-0.25, -0.2) is 8.78 Å². The van der Waals surface area contributed by atoms with Crippen LogP contribution < -0.4 is 4.74 Å². The minimum Gasteiger partial charge on any atom is -0.491 e. The van der Waals surface area contributed by atoms with E-state index in [0.29, 0.717) is 6.07 Å². The normalized spacial score (nSPS) is 9.60. The molecule has 7 heteroatoms. The van der Waals surface area contributed by atoms with Crippen LogP contribution in [0, 0.1) is 17.5 Å². The average Bonchev–Trinajstić information content (AvgIpc) is 2.22. The molecule has 0 amide bonds. The number of benzene rings is 1. The fraction of sp³-hybridized carbons (Fsp3) is 0.250. The van der Waals surface area contributed by atoms with E-state index in [1.54, 1.807) is 0 Å². The Morgan fingerprint density at radius 3 is 2.60 bits per heavy atom. The standard InChI is InChI=1S/C8H6F3N3O/c1-15-8-6(10)4(3-13-14-12)2-5(9)7(8)11/h2H,3H2,1H3. The number of nitrogens with zero attached hydrogens (tertiary/aromatic N) is 3. The van der Waals surface area contributed by atoms with Gasteiger partial charge in [-0.15, -0.1) is 0 Å². The zero-order valence-electron chi connectivity index (χ0n) is 7.67. The second-order valence-electron chi connectivity index (χ2n) is 2.57. The van der Waals surface area contributed by atoms with Gasteiger partial charge in [-0.1, -0.05) is 5.11 Å². The first-order valence-corrected chi connectivity index (χ1v) is 3.83. The third kappa shape index (κ3) is 2.13. The molecule has 80 valence electrons. The quantitative estimate of drug-likeness (QED) is 0.332. The van der Waals surface area contributed by atoms with Gasteiger partial charge >= 0.3 is 0 Å². The predicted molar refractivity (Wildman–Crippen MR) is 45.7 cm³/mol. The maximum absolute atomic E-state index is 13.3. The Labute approximate surface area is 82.9 Å². The summed E-state index contributed by atoms with van der Waals surface area (Å²) >= 11 is 0. The average molecular weight is 217 g/mol. The Hall–Kier alpha value is -1.88. The van der Waals surface area contributed by atoms with Crippen LogP contribution in [0.2, 0.25) is 0 Å². The molecule has 1 rings (SSSR count). The van der Waals surface area contributed by atoms with E-state index in [1.165, 1.54) is 0 Å². The summed E-state index contributed by atoms with van der Waals surface area (Å²) in [5, 5.41) is 3.04. The number of methoxy groups -OCH3 is 1. The number of halogens is 3. The molecular weight excluding hydrogens is 211 g/mol. The van der Waals surface area contributed by atoms with Crippen molar-refractivity contribution in [3.8, 4) is 5.75 Å². The Bertz CT molecular complexity index is 430. The predicted octanol–water partition coefficient (Wildman–Crippen LogP) is 2.92. The van der Waals surface area contributed by atoms with Crippen molar-refractivity contribution in [2.45, 2.75) is 6.54 Å². The van der Waals surface area contributed by atoms with Gasteiger partial charge in [0.25, 0.3) is 0 Å². The molecule has 1 aromatic rings. The van der Waals surface area contributed by atoms with Gasteiger partial charge in [0.1, 0.15) is 0 Å². The first kappa shape index (κ1) is 11.2. The molecule has 0 radical (unpaired) electrons. The van der Waals surface area contributed by atoms with Crippen molar-refractivity contribution >= 4 is 0 Å². The third-order valence-corrected chi connectivity index (χ3v) is 1.70. The Morgan fingerprint density at radius 1 is 1.40 bits per heavy atom. The van der Waals surface area contributed by atoms with Gasteiger partial charge in [0.15, 0.2) is 17.4 Å². The number of azide groups is 1. The molecule has 0 aliphatic heterocycles. The van der Waals surface area contributed by atoms with Crippen molar-refractivity contribution < 1.29 is 17.9 Å². The van der Waals surface area contributed by atoms with E-state index in [2.05, 4.69) is 14.8 Å². The van der Waals surface area contributed by atoms with Crippen LogP contribution in [-0.4, -0.2) is 7.11 Å². The third-order valence-electron chi connectivity index (χ3n) is 1.70. The van der Waals surface area contributed by atoms with Crippen molar-refractivity contribution in [2.24, 2.45) is 5.11 Å². The molecule has 0 unspecified atom stereocenters. The minimum atomic E-state index is -1.40.